The van der Waals surface area contributed by atoms with Crippen molar-refractivity contribution >= 4 is 23.2 Å². The predicted molar refractivity (Wildman–Crippen MR) is 66.1 cm³/mol. The molecule has 0 fully saturated rings. The maximum Gasteiger partial charge on any atom is 0.140 e. The molecule has 0 N–H and O–H groups in total. The van der Waals surface area contributed by atoms with E-state index in [1.807, 2.05) is 19.1 Å². The second-order valence-electron chi connectivity index (χ2n) is 3.19. The van der Waals surface area contributed by atoms with Crippen LogP contribution < -0.4 is 4.74 Å². The molecule has 0 atom stereocenters. The monoisotopic (exact) mass is 244 g/mol. The molecule has 0 heterocycles. The van der Waals surface area contributed by atoms with E-state index >= 15 is 0 Å². The topological polar surface area (TPSA) is 9.23 Å². The minimum atomic E-state index is 0.570. The number of ether oxygens (including phenoxy) is 1. The molecule has 15 heavy (non-hydrogen) atoms. The Bertz CT molecular complexity index is 359. The summed E-state index contributed by atoms with van der Waals surface area (Å²) >= 11 is 12.0. The second-order valence-corrected chi connectivity index (χ2v) is 4.03. The second kappa shape index (κ2) is 6.04. The van der Waals surface area contributed by atoms with E-state index in [0.29, 0.717) is 10.0 Å². The molecule has 82 valence electrons. The van der Waals surface area contributed by atoms with Crippen molar-refractivity contribution in [1.29, 1.82) is 0 Å². The first-order chi connectivity index (χ1) is 7.19. The van der Waals surface area contributed by atoms with Gasteiger partial charge in [-0.1, -0.05) is 35.4 Å². The molecule has 0 bridgehead atoms. The molecule has 0 saturated carbocycles. The fourth-order valence-electron chi connectivity index (χ4n) is 1.43. The first kappa shape index (κ1) is 12.4. The van der Waals surface area contributed by atoms with Gasteiger partial charge in [-0.25, -0.2) is 0 Å². The lowest BCUT2D eigenvalue weighted by molar-refractivity contribution is 0.410. The summed E-state index contributed by atoms with van der Waals surface area (Å²) in [5, 5.41) is 1.22. The van der Waals surface area contributed by atoms with Crippen molar-refractivity contribution in [2.75, 3.05) is 7.11 Å². The van der Waals surface area contributed by atoms with Crippen LogP contribution in [0.3, 0.4) is 0 Å². The van der Waals surface area contributed by atoms with Crippen LogP contribution in [0.25, 0.3) is 0 Å². The lowest BCUT2D eigenvalue weighted by Gasteiger charge is -2.10. The normalized spacial score (nSPS) is 10.9. The van der Waals surface area contributed by atoms with E-state index in [0.717, 1.165) is 24.2 Å². The van der Waals surface area contributed by atoms with Crippen molar-refractivity contribution in [2.24, 2.45) is 0 Å². The predicted octanol–water partition coefficient (Wildman–Crippen LogP) is 4.51. The Hall–Kier alpha value is -0.660. The molecule has 1 nitrogen and oxygen atoms in total. The Labute approximate surface area is 101 Å². The Morgan fingerprint density at radius 3 is 2.67 bits per heavy atom. The largest absolute Gasteiger partial charge is 0.495 e. The molecule has 0 unspecified atom stereocenters. The fourth-order valence-corrected chi connectivity index (χ4v) is 2.05. The standard InChI is InChI=1S/C12H14Cl2O/c1-3-4-5-6-9-7-10(13)8-11(14)12(9)15-2/h3-4,7-8H,5-6H2,1-2H3/b4-3-. The number of aryl methyl sites for hydroxylation is 1. The first-order valence-electron chi connectivity index (χ1n) is 4.82. The van der Waals surface area contributed by atoms with Gasteiger partial charge in [0.15, 0.2) is 0 Å². The van der Waals surface area contributed by atoms with Gasteiger partial charge in [-0.3, -0.25) is 0 Å². The van der Waals surface area contributed by atoms with E-state index in [4.69, 9.17) is 27.9 Å². The molecule has 0 spiro atoms. The molecule has 1 aromatic rings. The number of benzene rings is 1. The molecule has 0 aromatic heterocycles. The van der Waals surface area contributed by atoms with Crippen LogP contribution >= 0.6 is 23.2 Å². The van der Waals surface area contributed by atoms with E-state index < -0.39 is 0 Å². The summed E-state index contributed by atoms with van der Waals surface area (Å²) in [6.07, 6.45) is 5.98. The molecule has 0 radical (unpaired) electrons. The molecule has 0 aliphatic rings. The molecule has 1 rings (SSSR count). The highest BCUT2D eigenvalue weighted by Gasteiger charge is 2.08. The third-order valence-electron chi connectivity index (χ3n) is 2.11. The van der Waals surface area contributed by atoms with E-state index in [9.17, 15) is 0 Å². The van der Waals surface area contributed by atoms with E-state index in [1.54, 1.807) is 13.2 Å². The number of rotatable bonds is 4. The number of hydrogen-bond acceptors (Lipinski definition) is 1. The highest BCUT2D eigenvalue weighted by Crippen LogP contribution is 2.32. The number of hydrogen-bond donors (Lipinski definition) is 0. The number of halogens is 2. The highest BCUT2D eigenvalue weighted by atomic mass is 35.5. The van der Waals surface area contributed by atoms with Crippen molar-refractivity contribution in [3.8, 4) is 5.75 Å². The molecular formula is C12H14Cl2O. The lowest BCUT2D eigenvalue weighted by Crippen LogP contribution is -1.93. The third kappa shape index (κ3) is 3.44. The zero-order valence-corrected chi connectivity index (χ0v) is 10.4. The van der Waals surface area contributed by atoms with Gasteiger partial charge < -0.3 is 4.74 Å². The summed E-state index contributed by atoms with van der Waals surface area (Å²) in [4.78, 5) is 0. The van der Waals surface area contributed by atoms with Gasteiger partial charge in [0.2, 0.25) is 0 Å². The quantitative estimate of drug-likeness (QED) is 0.709. The molecule has 0 saturated heterocycles. The number of methoxy groups -OCH3 is 1. The smallest absolute Gasteiger partial charge is 0.140 e. The summed E-state index contributed by atoms with van der Waals surface area (Å²) in [7, 11) is 1.62. The Kier molecular flexibility index (Phi) is 5.00. The molecule has 0 aliphatic heterocycles. The Balaban J connectivity index is 2.93. The summed E-state index contributed by atoms with van der Waals surface area (Å²) in [6.45, 7) is 2.00. The van der Waals surface area contributed by atoms with Gasteiger partial charge in [-0.05, 0) is 37.5 Å². The molecule has 0 amide bonds. The van der Waals surface area contributed by atoms with Crippen LogP contribution in [-0.4, -0.2) is 7.11 Å². The summed E-state index contributed by atoms with van der Waals surface area (Å²) in [5.74, 6) is 0.727. The average Bonchev–Trinajstić information content (AvgIpc) is 2.17. The molecule has 1 aromatic carbocycles. The minimum absolute atomic E-state index is 0.570. The van der Waals surface area contributed by atoms with Crippen molar-refractivity contribution in [2.45, 2.75) is 19.8 Å². The average molecular weight is 245 g/mol. The molecular weight excluding hydrogens is 231 g/mol. The van der Waals surface area contributed by atoms with Crippen LogP contribution in [0.15, 0.2) is 24.3 Å². The Morgan fingerprint density at radius 1 is 1.33 bits per heavy atom. The maximum absolute atomic E-state index is 6.02. The summed E-state index contributed by atoms with van der Waals surface area (Å²) in [5.41, 5.74) is 1.05. The van der Waals surface area contributed by atoms with Crippen LogP contribution in [0.4, 0.5) is 0 Å². The molecule has 0 aliphatic carbocycles. The van der Waals surface area contributed by atoms with Crippen molar-refractivity contribution in [3.05, 3.63) is 39.9 Å². The summed E-state index contributed by atoms with van der Waals surface area (Å²) in [6, 6.07) is 3.59. The first-order valence-corrected chi connectivity index (χ1v) is 5.57. The van der Waals surface area contributed by atoms with Gasteiger partial charge >= 0.3 is 0 Å². The van der Waals surface area contributed by atoms with Gasteiger partial charge in [0, 0.05) is 5.02 Å². The zero-order chi connectivity index (χ0) is 11.3. The summed E-state index contributed by atoms with van der Waals surface area (Å²) < 4.78 is 5.25. The van der Waals surface area contributed by atoms with Crippen molar-refractivity contribution in [3.63, 3.8) is 0 Å². The molecule has 3 heteroatoms. The van der Waals surface area contributed by atoms with Crippen LogP contribution in [0.5, 0.6) is 5.75 Å². The maximum atomic E-state index is 6.02. The van der Waals surface area contributed by atoms with E-state index in [1.165, 1.54) is 0 Å². The van der Waals surface area contributed by atoms with Crippen LogP contribution in [0.1, 0.15) is 18.9 Å². The lowest BCUT2D eigenvalue weighted by atomic mass is 10.1. The van der Waals surface area contributed by atoms with Crippen molar-refractivity contribution in [1.82, 2.24) is 0 Å². The third-order valence-corrected chi connectivity index (χ3v) is 2.60. The Morgan fingerprint density at radius 2 is 2.07 bits per heavy atom. The fraction of sp³-hybridized carbons (Fsp3) is 0.333. The van der Waals surface area contributed by atoms with Gasteiger partial charge in [0.05, 0.1) is 12.1 Å². The highest BCUT2D eigenvalue weighted by molar-refractivity contribution is 6.35. The SMILES string of the molecule is C/C=C\CCc1cc(Cl)cc(Cl)c1OC. The van der Waals surface area contributed by atoms with Crippen LogP contribution in [0.2, 0.25) is 10.0 Å². The van der Waals surface area contributed by atoms with Gasteiger partial charge in [-0.15, -0.1) is 0 Å². The van der Waals surface area contributed by atoms with Gasteiger partial charge in [0.1, 0.15) is 5.75 Å². The van der Waals surface area contributed by atoms with Crippen LogP contribution in [-0.2, 0) is 6.42 Å². The van der Waals surface area contributed by atoms with Crippen LogP contribution in [0, 0.1) is 0 Å². The number of allylic oxidation sites excluding steroid dienone is 2. The zero-order valence-electron chi connectivity index (χ0n) is 8.89. The van der Waals surface area contributed by atoms with Gasteiger partial charge in [-0.2, -0.15) is 0 Å². The van der Waals surface area contributed by atoms with Crippen molar-refractivity contribution < 1.29 is 4.74 Å². The van der Waals surface area contributed by atoms with E-state index in [-0.39, 0.29) is 0 Å². The minimum Gasteiger partial charge on any atom is -0.495 e. The van der Waals surface area contributed by atoms with E-state index in [2.05, 4.69) is 6.08 Å². The van der Waals surface area contributed by atoms with Gasteiger partial charge in [0.25, 0.3) is 0 Å².